The topological polar surface area (TPSA) is 6.48 Å². The maximum Gasteiger partial charge on any atom is 0.0440 e. The van der Waals surface area contributed by atoms with Crippen LogP contribution in [-0.4, -0.2) is 32.1 Å². The molecule has 0 bridgehead atoms. The Balaban J connectivity index is 0.00000242. The second-order valence-corrected chi connectivity index (χ2v) is 5.88. The molecule has 0 aliphatic heterocycles. The normalized spacial score (nSPS) is 10.4. The molecule has 0 saturated carbocycles. The number of anilines is 2. The second kappa shape index (κ2) is 8.82. The van der Waals surface area contributed by atoms with Gasteiger partial charge in [-0.2, -0.15) is 0 Å². The van der Waals surface area contributed by atoms with Crippen molar-refractivity contribution < 1.29 is 0 Å². The van der Waals surface area contributed by atoms with Gasteiger partial charge in [0.2, 0.25) is 0 Å². The van der Waals surface area contributed by atoms with Crippen molar-refractivity contribution in [1.82, 2.24) is 4.90 Å². The van der Waals surface area contributed by atoms with E-state index < -0.39 is 0 Å². The van der Waals surface area contributed by atoms with Gasteiger partial charge in [-0.25, -0.2) is 0 Å². The van der Waals surface area contributed by atoms with Crippen LogP contribution < -0.4 is 4.90 Å². The highest BCUT2D eigenvalue weighted by atomic mass is 35.5. The maximum absolute atomic E-state index is 2.45. The van der Waals surface area contributed by atoms with Crippen LogP contribution in [0, 0.1) is 13.8 Å². The lowest BCUT2D eigenvalue weighted by molar-refractivity contribution is 0.402. The Labute approximate surface area is 141 Å². The van der Waals surface area contributed by atoms with E-state index in [1.54, 1.807) is 0 Å². The first-order chi connectivity index (χ1) is 10.1. The summed E-state index contributed by atoms with van der Waals surface area (Å²) in [5.41, 5.74) is 5.27. The summed E-state index contributed by atoms with van der Waals surface area (Å²) in [4.78, 5) is 4.70. The molecule has 2 aromatic carbocycles. The standard InChI is InChI=1S/C19H26N2.ClH/c1-16-10-5-7-12-18(16)21(15-9-14-20(3)4)19-13-8-6-11-17(19)2;/h5-8,10-13H,9,14-15H2,1-4H3;1H. The molecule has 0 aromatic heterocycles. The zero-order valence-electron chi connectivity index (χ0n) is 14.0. The summed E-state index contributed by atoms with van der Waals surface area (Å²) < 4.78 is 0. The van der Waals surface area contributed by atoms with Gasteiger partial charge in [-0.3, -0.25) is 0 Å². The Morgan fingerprint density at radius 1 is 0.727 bits per heavy atom. The van der Waals surface area contributed by atoms with E-state index in [-0.39, 0.29) is 12.4 Å². The number of aryl methyl sites for hydroxylation is 2. The van der Waals surface area contributed by atoms with Gasteiger partial charge in [0.15, 0.2) is 0 Å². The fourth-order valence-electron chi connectivity index (χ4n) is 2.65. The monoisotopic (exact) mass is 318 g/mol. The van der Waals surface area contributed by atoms with Crippen molar-refractivity contribution in [2.45, 2.75) is 20.3 Å². The number of rotatable bonds is 6. The van der Waals surface area contributed by atoms with Crippen molar-refractivity contribution in [3.8, 4) is 0 Å². The molecule has 0 unspecified atom stereocenters. The molecular weight excluding hydrogens is 292 g/mol. The summed E-state index contributed by atoms with van der Waals surface area (Å²) in [6.07, 6.45) is 1.15. The zero-order chi connectivity index (χ0) is 15.2. The quantitative estimate of drug-likeness (QED) is 0.753. The van der Waals surface area contributed by atoms with Crippen molar-refractivity contribution in [2.75, 3.05) is 32.1 Å². The fraction of sp³-hybridized carbons (Fsp3) is 0.368. The van der Waals surface area contributed by atoms with Crippen LogP contribution in [-0.2, 0) is 0 Å². The highest BCUT2D eigenvalue weighted by Crippen LogP contribution is 2.30. The second-order valence-electron chi connectivity index (χ2n) is 5.88. The highest BCUT2D eigenvalue weighted by Gasteiger charge is 2.13. The van der Waals surface area contributed by atoms with Crippen molar-refractivity contribution in [3.05, 3.63) is 59.7 Å². The van der Waals surface area contributed by atoms with Crippen LogP contribution in [0.4, 0.5) is 11.4 Å². The van der Waals surface area contributed by atoms with Gasteiger partial charge in [-0.1, -0.05) is 36.4 Å². The largest absolute Gasteiger partial charge is 0.341 e. The van der Waals surface area contributed by atoms with Gasteiger partial charge < -0.3 is 9.80 Å². The summed E-state index contributed by atoms with van der Waals surface area (Å²) in [7, 11) is 4.26. The minimum atomic E-state index is 0. The molecule has 0 radical (unpaired) electrons. The minimum absolute atomic E-state index is 0. The third kappa shape index (κ3) is 4.75. The highest BCUT2D eigenvalue weighted by molar-refractivity contribution is 5.85. The van der Waals surface area contributed by atoms with Gasteiger partial charge in [0.25, 0.3) is 0 Å². The molecule has 0 spiro atoms. The molecule has 2 nitrogen and oxygen atoms in total. The van der Waals surface area contributed by atoms with Gasteiger partial charge >= 0.3 is 0 Å². The predicted molar refractivity (Wildman–Crippen MR) is 99.8 cm³/mol. The number of halogens is 1. The first kappa shape index (κ1) is 18.5. The Morgan fingerprint density at radius 3 is 1.59 bits per heavy atom. The average molecular weight is 319 g/mol. The van der Waals surface area contributed by atoms with Crippen LogP contribution in [0.25, 0.3) is 0 Å². The summed E-state index contributed by atoms with van der Waals surface area (Å²) in [6, 6.07) is 17.3. The van der Waals surface area contributed by atoms with Gasteiger partial charge in [-0.15, -0.1) is 12.4 Å². The minimum Gasteiger partial charge on any atom is -0.341 e. The van der Waals surface area contributed by atoms with Crippen molar-refractivity contribution in [1.29, 1.82) is 0 Å². The summed E-state index contributed by atoms with van der Waals surface area (Å²) in [5.74, 6) is 0. The Hall–Kier alpha value is -1.51. The molecule has 0 aliphatic rings. The fourth-order valence-corrected chi connectivity index (χ4v) is 2.65. The number of para-hydroxylation sites is 2. The molecule has 3 heteroatoms. The van der Waals surface area contributed by atoms with Gasteiger partial charge in [0.05, 0.1) is 0 Å². The van der Waals surface area contributed by atoms with Crippen LogP contribution in [0.2, 0.25) is 0 Å². The first-order valence-corrected chi connectivity index (χ1v) is 7.63. The van der Waals surface area contributed by atoms with E-state index in [0.29, 0.717) is 0 Å². The van der Waals surface area contributed by atoms with E-state index in [1.165, 1.54) is 22.5 Å². The molecule has 0 N–H and O–H groups in total. The molecule has 22 heavy (non-hydrogen) atoms. The maximum atomic E-state index is 2.45. The number of hydrogen-bond acceptors (Lipinski definition) is 2. The third-order valence-electron chi connectivity index (χ3n) is 3.80. The van der Waals surface area contributed by atoms with Gasteiger partial charge in [0.1, 0.15) is 0 Å². The summed E-state index contributed by atoms with van der Waals surface area (Å²) in [5, 5.41) is 0. The van der Waals surface area contributed by atoms with E-state index in [4.69, 9.17) is 0 Å². The molecule has 0 saturated heterocycles. The summed E-state index contributed by atoms with van der Waals surface area (Å²) >= 11 is 0. The molecule has 2 rings (SSSR count). The number of hydrogen-bond donors (Lipinski definition) is 0. The zero-order valence-corrected chi connectivity index (χ0v) is 14.9. The molecule has 0 atom stereocenters. The van der Waals surface area contributed by atoms with E-state index in [2.05, 4.69) is 86.3 Å². The molecular formula is C19H27ClN2. The van der Waals surface area contributed by atoms with Crippen LogP contribution in [0.3, 0.4) is 0 Å². The summed E-state index contributed by atoms with van der Waals surface area (Å²) in [6.45, 7) is 6.52. The first-order valence-electron chi connectivity index (χ1n) is 7.63. The molecule has 0 aliphatic carbocycles. The Kier molecular flexibility index (Phi) is 7.43. The molecule has 0 amide bonds. The van der Waals surface area contributed by atoms with Gasteiger partial charge in [-0.05, 0) is 64.2 Å². The van der Waals surface area contributed by atoms with Crippen LogP contribution in [0.1, 0.15) is 17.5 Å². The van der Waals surface area contributed by atoms with E-state index in [0.717, 1.165) is 19.5 Å². The Morgan fingerprint density at radius 2 is 1.18 bits per heavy atom. The number of benzene rings is 2. The van der Waals surface area contributed by atoms with E-state index >= 15 is 0 Å². The van der Waals surface area contributed by atoms with E-state index in [9.17, 15) is 0 Å². The van der Waals surface area contributed by atoms with Crippen LogP contribution in [0.5, 0.6) is 0 Å². The molecule has 120 valence electrons. The van der Waals surface area contributed by atoms with Gasteiger partial charge in [0, 0.05) is 17.9 Å². The van der Waals surface area contributed by atoms with Crippen molar-refractivity contribution in [3.63, 3.8) is 0 Å². The van der Waals surface area contributed by atoms with Crippen LogP contribution >= 0.6 is 12.4 Å². The predicted octanol–water partition coefficient (Wildman–Crippen LogP) is 4.82. The molecule has 0 fully saturated rings. The SMILES string of the molecule is Cc1ccccc1N(CCCN(C)C)c1ccccc1C.Cl. The smallest absolute Gasteiger partial charge is 0.0440 e. The molecule has 0 heterocycles. The lowest BCUT2D eigenvalue weighted by atomic mass is 10.1. The number of nitrogens with zero attached hydrogens (tertiary/aromatic N) is 2. The van der Waals surface area contributed by atoms with E-state index in [1.807, 2.05) is 0 Å². The van der Waals surface area contributed by atoms with Crippen LogP contribution in [0.15, 0.2) is 48.5 Å². The Bertz CT molecular complexity index is 536. The van der Waals surface area contributed by atoms with Crippen molar-refractivity contribution in [2.24, 2.45) is 0 Å². The molecule has 2 aromatic rings. The van der Waals surface area contributed by atoms with Crippen molar-refractivity contribution >= 4 is 23.8 Å². The lowest BCUT2D eigenvalue weighted by Gasteiger charge is -2.28. The lowest BCUT2D eigenvalue weighted by Crippen LogP contribution is -2.24. The average Bonchev–Trinajstić information content (AvgIpc) is 2.45. The third-order valence-corrected chi connectivity index (χ3v) is 3.80.